The molecule has 0 aromatic heterocycles. The maximum Gasteiger partial charge on any atom is -0.0188 e. The van der Waals surface area contributed by atoms with Crippen LogP contribution in [-0.2, 0) is 0 Å². The van der Waals surface area contributed by atoms with Gasteiger partial charge in [0.25, 0.3) is 0 Å². The average Bonchev–Trinajstić information content (AvgIpc) is 2.05. The lowest BCUT2D eigenvalue weighted by Crippen LogP contribution is -2.06. The third-order valence-corrected chi connectivity index (χ3v) is 2.57. The van der Waals surface area contributed by atoms with Gasteiger partial charge in [-0.1, -0.05) is 46.6 Å². The Hall–Kier alpha value is -0.780. The van der Waals surface area contributed by atoms with Gasteiger partial charge in [0.2, 0.25) is 0 Å². The minimum atomic E-state index is 0. The minimum absolute atomic E-state index is 0. The molecule has 0 amide bonds. The second kappa shape index (κ2) is 7.61. The van der Waals surface area contributed by atoms with Gasteiger partial charge in [-0.3, -0.25) is 0 Å². The highest BCUT2D eigenvalue weighted by Gasteiger charge is 2.14. The van der Waals surface area contributed by atoms with E-state index in [9.17, 15) is 0 Å². The van der Waals surface area contributed by atoms with Crippen molar-refractivity contribution in [2.75, 3.05) is 0 Å². The molecule has 1 aliphatic rings. The fourth-order valence-electron chi connectivity index (χ4n) is 1.93. The number of hydrogen-bond acceptors (Lipinski definition) is 0. The molecule has 0 heteroatoms. The molecule has 0 nitrogen and oxygen atoms in total. The average molecular weight is 194 g/mol. The lowest BCUT2D eigenvalue weighted by molar-refractivity contribution is 0.552. The van der Waals surface area contributed by atoms with Crippen molar-refractivity contribution in [3.8, 4) is 0 Å². The zero-order valence-corrected chi connectivity index (χ0v) is 8.14. The van der Waals surface area contributed by atoms with Crippen molar-refractivity contribution in [2.45, 2.75) is 48.0 Å². The van der Waals surface area contributed by atoms with Crippen LogP contribution in [-0.4, -0.2) is 0 Å². The Morgan fingerprint density at radius 3 is 2.50 bits per heavy atom. The molecule has 1 atom stereocenters. The molecular formula is C14H26. The Balaban J connectivity index is 0. The van der Waals surface area contributed by atoms with Gasteiger partial charge in [-0.2, -0.15) is 0 Å². The largest absolute Gasteiger partial charge is 0.0988 e. The molecule has 1 aliphatic carbocycles. The van der Waals surface area contributed by atoms with Gasteiger partial charge in [-0.25, -0.2) is 0 Å². The van der Waals surface area contributed by atoms with E-state index >= 15 is 0 Å². The van der Waals surface area contributed by atoms with E-state index in [1.54, 1.807) is 0 Å². The first-order valence-corrected chi connectivity index (χ1v) is 4.77. The highest BCUT2D eigenvalue weighted by atomic mass is 14.2. The Morgan fingerprint density at radius 2 is 2.00 bits per heavy atom. The summed E-state index contributed by atoms with van der Waals surface area (Å²) in [6.07, 6.45) is 10.3. The molecule has 0 saturated heterocycles. The van der Waals surface area contributed by atoms with Gasteiger partial charge in [-0.15, -0.1) is 0 Å². The number of allylic oxidation sites excluding steroid dienone is 5. The van der Waals surface area contributed by atoms with Gasteiger partial charge in [0.1, 0.15) is 0 Å². The molecule has 0 heterocycles. The lowest BCUT2D eigenvalue weighted by atomic mass is 9.84. The van der Waals surface area contributed by atoms with E-state index < -0.39 is 0 Å². The normalized spacial score (nSPS) is 21.4. The molecule has 14 heavy (non-hydrogen) atoms. The SMILES string of the molecule is C.C.C=CC1=C(/C=C\C)CCCC1C. The molecule has 1 rings (SSSR count). The molecule has 0 bridgehead atoms. The Morgan fingerprint density at radius 1 is 1.36 bits per heavy atom. The van der Waals surface area contributed by atoms with E-state index in [1.807, 2.05) is 6.08 Å². The quantitative estimate of drug-likeness (QED) is 0.571. The van der Waals surface area contributed by atoms with E-state index in [0.717, 1.165) is 0 Å². The first-order valence-electron chi connectivity index (χ1n) is 4.77. The van der Waals surface area contributed by atoms with Gasteiger partial charge in [-0.05, 0) is 43.3 Å². The van der Waals surface area contributed by atoms with Crippen LogP contribution in [0.4, 0.5) is 0 Å². The second-order valence-corrected chi connectivity index (χ2v) is 3.48. The molecule has 0 aromatic carbocycles. The highest BCUT2D eigenvalue weighted by molar-refractivity contribution is 5.35. The number of rotatable bonds is 2. The summed E-state index contributed by atoms with van der Waals surface area (Å²) >= 11 is 0. The van der Waals surface area contributed by atoms with Crippen molar-refractivity contribution in [1.82, 2.24) is 0 Å². The zero-order valence-electron chi connectivity index (χ0n) is 8.14. The zero-order chi connectivity index (χ0) is 8.97. The fraction of sp³-hybridized carbons (Fsp3) is 0.571. The molecule has 0 aliphatic heterocycles. The summed E-state index contributed by atoms with van der Waals surface area (Å²) in [4.78, 5) is 0. The molecule has 82 valence electrons. The van der Waals surface area contributed by atoms with Crippen LogP contribution >= 0.6 is 0 Å². The summed E-state index contributed by atoms with van der Waals surface area (Å²) in [5, 5.41) is 0. The van der Waals surface area contributed by atoms with Crippen LogP contribution in [0.1, 0.15) is 48.0 Å². The summed E-state index contributed by atoms with van der Waals surface area (Å²) in [7, 11) is 0. The van der Waals surface area contributed by atoms with E-state index in [0.29, 0.717) is 5.92 Å². The summed E-state index contributed by atoms with van der Waals surface area (Å²) in [6, 6.07) is 0. The molecule has 0 saturated carbocycles. The molecule has 0 spiro atoms. The standard InChI is InChI=1S/C12H18.2CH4/c1-4-7-11-9-6-8-10(3)12(11)5-2;;/h4-5,7,10H,2,6,8-9H2,1,3H3;2*1H4/b7-4-;;. The Kier molecular flexibility index (Phi) is 8.52. The van der Waals surface area contributed by atoms with Crippen LogP contribution in [0.3, 0.4) is 0 Å². The third-order valence-electron chi connectivity index (χ3n) is 2.57. The Labute approximate surface area is 90.4 Å². The highest BCUT2D eigenvalue weighted by Crippen LogP contribution is 2.30. The smallest absolute Gasteiger partial charge is 0.0188 e. The van der Waals surface area contributed by atoms with Gasteiger partial charge >= 0.3 is 0 Å². The fourth-order valence-corrected chi connectivity index (χ4v) is 1.93. The second-order valence-electron chi connectivity index (χ2n) is 3.48. The van der Waals surface area contributed by atoms with Crippen molar-refractivity contribution in [3.05, 3.63) is 36.0 Å². The van der Waals surface area contributed by atoms with Crippen LogP contribution in [0.25, 0.3) is 0 Å². The predicted octanol–water partition coefficient (Wildman–Crippen LogP) is 5.14. The van der Waals surface area contributed by atoms with Crippen LogP contribution < -0.4 is 0 Å². The van der Waals surface area contributed by atoms with Crippen LogP contribution in [0.15, 0.2) is 36.0 Å². The summed E-state index contributed by atoms with van der Waals surface area (Å²) in [6.45, 7) is 8.24. The molecular weight excluding hydrogens is 168 g/mol. The Bertz CT molecular complexity index is 218. The van der Waals surface area contributed by atoms with Crippen LogP contribution in [0.5, 0.6) is 0 Å². The van der Waals surface area contributed by atoms with Crippen molar-refractivity contribution in [3.63, 3.8) is 0 Å². The molecule has 0 fully saturated rings. The molecule has 1 unspecified atom stereocenters. The molecule has 0 N–H and O–H groups in total. The maximum atomic E-state index is 3.88. The third kappa shape index (κ3) is 3.53. The van der Waals surface area contributed by atoms with E-state index in [-0.39, 0.29) is 14.9 Å². The first kappa shape index (κ1) is 15.7. The van der Waals surface area contributed by atoms with Gasteiger partial charge in [0.15, 0.2) is 0 Å². The predicted molar refractivity (Wildman–Crippen MR) is 68.5 cm³/mol. The van der Waals surface area contributed by atoms with Gasteiger partial charge in [0, 0.05) is 0 Å². The van der Waals surface area contributed by atoms with Crippen LogP contribution in [0, 0.1) is 5.92 Å². The summed E-state index contributed by atoms with van der Waals surface area (Å²) in [5.74, 6) is 0.711. The van der Waals surface area contributed by atoms with Gasteiger partial charge in [0.05, 0.1) is 0 Å². The van der Waals surface area contributed by atoms with E-state index in [2.05, 4.69) is 32.6 Å². The van der Waals surface area contributed by atoms with Crippen molar-refractivity contribution in [2.24, 2.45) is 5.92 Å². The van der Waals surface area contributed by atoms with Crippen molar-refractivity contribution < 1.29 is 0 Å². The van der Waals surface area contributed by atoms with Crippen LogP contribution in [0.2, 0.25) is 0 Å². The summed E-state index contributed by atoms with van der Waals surface area (Å²) < 4.78 is 0. The van der Waals surface area contributed by atoms with Gasteiger partial charge < -0.3 is 0 Å². The number of hydrogen-bond donors (Lipinski definition) is 0. The molecule has 0 radical (unpaired) electrons. The topological polar surface area (TPSA) is 0 Å². The van der Waals surface area contributed by atoms with Crippen molar-refractivity contribution in [1.29, 1.82) is 0 Å². The first-order chi connectivity index (χ1) is 5.79. The van der Waals surface area contributed by atoms with E-state index in [4.69, 9.17) is 0 Å². The monoisotopic (exact) mass is 194 g/mol. The van der Waals surface area contributed by atoms with Crippen molar-refractivity contribution >= 4 is 0 Å². The maximum absolute atomic E-state index is 3.88. The molecule has 0 aromatic rings. The minimum Gasteiger partial charge on any atom is -0.0988 e. The lowest BCUT2D eigenvalue weighted by Gasteiger charge is -2.22. The van der Waals surface area contributed by atoms with E-state index in [1.165, 1.54) is 30.4 Å². The summed E-state index contributed by atoms with van der Waals surface area (Å²) in [5.41, 5.74) is 2.95.